The molecule has 81 heavy (non-hydrogen) atoms. The van der Waals surface area contributed by atoms with Crippen molar-refractivity contribution in [3.8, 4) is 0 Å². The summed E-state index contributed by atoms with van der Waals surface area (Å²) >= 11 is 0. The Balaban J connectivity index is 5.23. The van der Waals surface area contributed by atoms with Crippen LogP contribution in [0.3, 0.4) is 0 Å². The average molecular weight is 1200 g/mol. The zero-order chi connectivity index (χ0) is 60.1. The first kappa shape index (κ1) is 79.1. The van der Waals surface area contributed by atoms with Gasteiger partial charge in [0.1, 0.15) is 19.3 Å². The van der Waals surface area contributed by atoms with Gasteiger partial charge in [-0.3, -0.25) is 37.3 Å². The number of ether oxygens (including phenoxy) is 4. The Hall–Kier alpha value is -1.94. The number of aliphatic hydroxyl groups is 1. The maximum atomic E-state index is 13.0. The van der Waals surface area contributed by atoms with Gasteiger partial charge in [0.15, 0.2) is 12.2 Å². The Labute approximate surface area is 492 Å². The van der Waals surface area contributed by atoms with Gasteiger partial charge in [0.25, 0.3) is 0 Å². The van der Waals surface area contributed by atoms with Crippen LogP contribution in [0, 0.1) is 11.8 Å². The number of carbonyl (C=O) groups is 4. The highest BCUT2D eigenvalue weighted by molar-refractivity contribution is 7.47. The molecule has 0 saturated carbocycles. The molecule has 0 bridgehead atoms. The number of rotatable bonds is 61. The molecule has 19 heteroatoms. The van der Waals surface area contributed by atoms with Gasteiger partial charge < -0.3 is 33.8 Å². The maximum absolute atomic E-state index is 13.0. The van der Waals surface area contributed by atoms with Crippen molar-refractivity contribution < 1.29 is 80.2 Å². The van der Waals surface area contributed by atoms with Gasteiger partial charge in [-0.05, 0) is 37.5 Å². The number of hydrogen-bond donors (Lipinski definition) is 3. The molecule has 0 aliphatic heterocycles. The first-order chi connectivity index (χ1) is 38.9. The molecule has 0 heterocycles. The van der Waals surface area contributed by atoms with E-state index in [1.807, 2.05) is 0 Å². The van der Waals surface area contributed by atoms with Crippen LogP contribution in [0.4, 0.5) is 0 Å². The number of phosphoric ester groups is 2. The van der Waals surface area contributed by atoms with Crippen molar-refractivity contribution in [2.45, 2.75) is 323 Å². The van der Waals surface area contributed by atoms with Crippen LogP contribution in [0.25, 0.3) is 0 Å². The number of esters is 4. The Kier molecular flexibility index (Phi) is 53.4. The van der Waals surface area contributed by atoms with Gasteiger partial charge in [0.05, 0.1) is 26.4 Å². The minimum absolute atomic E-state index is 0.102. The fourth-order valence-corrected chi connectivity index (χ4v) is 10.7. The lowest BCUT2D eigenvalue weighted by molar-refractivity contribution is -0.161. The molecule has 0 radical (unpaired) electrons. The van der Waals surface area contributed by atoms with E-state index in [1.54, 1.807) is 0 Å². The van der Waals surface area contributed by atoms with Crippen molar-refractivity contribution in [1.82, 2.24) is 0 Å². The van der Waals surface area contributed by atoms with Gasteiger partial charge in [0.2, 0.25) is 0 Å². The summed E-state index contributed by atoms with van der Waals surface area (Å²) in [6, 6.07) is 0. The van der Waals surface area contributed by atoms with E-state index >= 15 is 0 Å². The molecule has 0 aliphatic carbocycles. The third-order valence-corrected chi connectivity index (χ3v) is 16.8. The molecule has 0 saturated heterocycles. The van der Waals surface area contributed by atoms with Crippen LogP contribution < -0.4 is 0 Å². The summed E-state index contributed by atoms with van der Waals surface area (Å²) in [4.78, 5) is 72.0. The third kappa shape index (κ3) is 54.5. The zero-order valence-electron chi connectivity index (χ0n) is 52.1. The zero-order valence-corrected chi connectivity index (χ0v) is 53.9. The minimum atomic E-state index is -4.94. The predicted molar refractivity (Wildman–Crippen MR) is 321 cm³/mol. The van der Waals surface area contributed by atoms with Gasteiger partial charge in [0, 0.05) is 25.7 Å². The molecule has 0 aromatic heterocycles. The number of unbranched alkanes of at least 4 members (excludes halogenated alkanes) is 29. The number of phosphoric acid groups is 2. The van der Waals surface area contributed by atoms with Crippen LogP contribution in [0.5, 0.6) is 0 Å². The molecule has 0 rings (SSSR count). The highest BCUT2D eigenvalue weighted by atomic mass is 31.2. The lowest BCUT2D eigenvalue weighted by atomic mass is 9.99. The van der Waals surface area contributed by atoms with Crippen LogP contribution in [0.15, 0.2) is 0 Å². The molecule has 0 aliphatic rings. The molecule has 3 N–H and O–H groups in total. The van der Waals surface area contributed by atoms with Crippen molar-refractivity contribution in [3.63, 3.8) is 0 Å². The smallest absolute Gasteiger partial charge is 0.462 e. The predicted octanol–water partition coefficient (Wildman–Crippen LogP) is 16.9. The number of aliphatic hydroxyl groups excluding tert-OH is 1. The minimum Gasteiger partial charge on any atom is -0.462 e. The molecule has 0 fully saturated rings. The van der Waals surface area contributed by atoms with Crippen molar-refractivity contribution in [3.05, 3.63) is 0 Å². The summed E-state index contributed by atoms with van der Waals surface area (Å²) in [6.45, 7) is 9.39. The summed E-state index contributed by atoms with van der Waals surface area (Å²) < 4.78 is 67.8. The largest absolute Gasteiger partial charge is 0.472 e. The molecular formula is C62H120O17P2. The first-order valence-electron chi connectivity index (χ1n) is 32.6. The Morgan fingerprint density at radius 1 is 0.346 bits per heavy atom. The van der Waals surface area contributed by atoms with Crippen LogP contribution in [0.1, 0.15) is 305 Å². The fraction of sp³-hybridized carbons (Fsp3) is 0.935. The van der Waals surface area contributed by atoms with Crippen LogP contribution in [-0.2, 0) is 65.4 Å². The van der Waals surface area contributed by atoms with Gasteiger partial charge in [-0.25, -0.2) is 9.13 Å². The van der Waals surface area contributed by atoms with Gasteiger partial charge in [-0.2, -0.15) is 0 Å². The molecule has 480 valence electrons. The fourth-order valence-electron chi connectivity index (χ4n) is 9.11. The van der Waals surface area contributed by atoms with E-state index in [1.165, 1.54) is 109 Å². The lowest BCUT2D eigenvalue weighted by Gasteiger charge is -2.21. The Bertz CT molecular complexity index is 1600. The molecular weight excluding hydrogens is 1080 g/mol. The lowest BCUT2D eigenvalue weighted by Crippen LogP contribution is -2.30. The molecule has 0 spiro atoms. The summed E-state index contributed by atoms with van der Waals surface area (Å²) in [6.07, 6.45) is 36.2. The SMILES string of the molecule is CCCCCCCCCCCCCCC(=O)OC[C@H](COP(=O)(O)OC[C@@H](O)COP(=O)(O)OC[C@@H](COC(=O)CCCCCCCCC)OC(=O)CCCCCCCCC(C)CC)OC(=O)CCCCCCCCCCC(C)CC. The van der Waals surface area contributed by atoms with E-state index < -0.39 is 97.5 Å². The van der Waals surface area contributed by atoms with Crippen molar-refractivity contribution >= 4 is 39.5 Å². The normalized spacial score (nSPS) is 15.0. The molecule has 7 atom stereocenters. The third-order valence-electron chi connectivity index (χ3n) is 14.9. The van der Waals surface area contributed by atoms with Gasteiger partial charge >= 0.3 is 39.5 Å². The summed E-state index contributed by atoms with van der Waals surface area (Å²) in [5, 5.41) is 10.5. The standard InChI is InChI=1S/C62H120O17P2/c1-7-11-13-15-17-18-19-20-21-26-33-39-45-60(65)73-51-57(78-61(66)46-40-34-27-23-22-25-30-36-42-54(5)9-3)52-76-80(68,69)74-48-56(63)49-75-81(70,71)77-53-58(50-72-59(64)44-38-32-24-16-14-12-8-2)79-62(67)47-41-35-29-28-31-37-43-55(6)10-4/h54-58,63H,7-53H2,1-6H3,(H,68,69)(H,70,71)/t54?,55?,56-,57-,58-/m1/s1. The van der Waals surface area contributed by atoms with Crippen LogP contribution in [0.2, 0.25) is 0 Å². The van der Waals surface area contributed by atoms with E-state index in [0.717, 1.165) is 115 Å². The number of carbonyl (C=O) groups excluding carboxylic acids is 4. The van der Waals surface area contributed by atoms with Crippen LogP contribution in [-0.4, -0.2) is 96.7 Å². The van der Waals surface area contributed by atoms with E-state index in [0.29, 0.717) is 25.7 Å². The second-order valence-corrected chi connectivity index (χ2v) is 25.8. The average Bonchev–Trinajstić information content (AvgIpc) is 3.44. The van der Waals surface area contributed by atoms with E-state index in [9.17, 15) is 43.2 Å². The molecule has 4 unspecified atom stereocenters. The summed E-state index contributed by atoms with van der Waals surface area (Å²) in [5.74, 6) is -0.653. The van der Waals surface area contributed by atoms with Crippen LogP contribution >= 0.6 is 15.6 Å². The quantitative estimate of drug-likeness (QED) is 0.0222. The Morgan fingerprint density at radius 2 is 0.593 bits per heavy atom. The highest BCUT2D eigenvalue weighted by Crippen LogP contribution is 2.45. The van der Waals surface area contributed by atoms with Gasteiger partial charge in [-0.15, -0.1) is 0 Å². The van der Waals surface area contributed by atoms with Crippen molar-refractivity contribution in [2.75, 3.05) is 39.6 Å². The Morgan fingerprint density at radius 3 is 0.877 bits per heavy atom. The monoisotopic (exact) mass is 1200 g/mol. The second kappa shape index (κ2) is 54.7. The molecule has 0 aromatic rings. The topological polar surface area (TPSA) is 237 Å². The second-order valence-electron chi connectivity index (χ2n) is 22.9. The van der Waals surface area contributed by atoms with Gasteiger partial charge in [-0.1, -0.05) is 253 Å². The van der Waals surface area contributed by atoms with Crippen molar-refractivity contribution in [1.29, 1.82) is 0 Å². The molecule has 17 nitrogen and oxygen atoms in total. The highest BCUT2D eigenvalue weighted by Gasteiger charge is 2.30. The van der Waals surface area contributed by atoms with E-state index in [2.05, 4.69) is 41.5 Å². The summed E-state index contributed by atoms with van der Waals surface area (Å²) in [7, 11) is -9.88. The van der Waals surface area contributed by atoms with E-state index in [4.69, 9.17) is 37.0 Å². The molecule has 0 aromatic carbocycles. The molecule has 0 amide bonds. The first-order valence-corrected chi connectivity index (χ1v) is 35.6. The maximum Gasteiger partial charge on any atom is 0.472 e. The summed E-state index contributed by atoms with van der Waals surface area (Å²) in [5.41, 5.74) is 0. The number of hydrogen-bond acceptors (Lipinski definition) is 15. The van der Waals surface area contributed by atoms with Crippen molar-refractivity contribution in [2.24, 2.45) is 11.8 Å². The van der Waals surface area contributed by atoms with E-state index in [-0.39, 0.29) is 25.7 Å².